The third kappa shape index (κ3) is 2.75. The Morgan fingerprint density at radius 2 is 2.00 bits per heavy atom. The summed E-state index contributed by atoms with van der Waals surface area (Å²) in [5.74, 6) is -2.84. The first-order chi connectivity index (χ1) is 9.31. The maximum atomic E-state index is 13.5. The fraction of sp³-hybridized carbons (Fsp3) is 0. The smallest absolute Gasteiger partial charge is 0.371 e. The van der Waals surface area contributed by atoms with Crippen LogP contribution in [0, 0.1) is 5.82 Å². The minimum atomic E-state index is -4.28. The molecule has 1 aromatic carbocycles. The zero-order chi connectivity index (χ0) is 14.9. The van der Waals surface area contributed by atoms with Crippen LogP contribution >= 0.6 is 11.6 Å². The molecule has 0 spiro atoms. The molecule has 2 rings (SSSR count). The third-order valence-electron chi connectivity index (χ3n) is 2.26. The summed E-state index contributed by atoms with van der Waals surface area (Å²) >= 11 is 5.69. The molecule has 2 aromatic rings. The van der Waals surface area contributed by atoms with Gasteiger partial charge in [-0.3, -0.25) is 4.72 Å². The lowest BCUT2D eigenvalue weighted by atomic mass is 10.3. The van der Waals surface area contributed by atoms with Crippen molar-refractivity contribution in [1.29, 1.82) is 0 Å². The highest BCUT2D eigenvalue weighted by Crippen LogP contribution is 2.27. The second-order valence-corrected chi connectivity index (χ2v) is 5.65. The van der Waals surface area contributed by atoms with Crippen molar-refractivity contribution < 1.29 is 27.1 Å². The Labute approximate surface area is 117 Å². The first-order valence-electron chi connectivity index (χ1n) is 5.11. The summed E-state index contributed by atoms with van der Waals surface area (Å²) < 4.78 is 43.9. The topological polar surface area (TPSA) is 96.6 Å². The number of carboxylic acids is 1. The molecule has 0 unspecified atom stereocenters. The fourth-order valence-electron chi connectivity index (χ4n) is 1.36. The number of furan rings is 1. The van der Waals surface area contributed by atoms with Gasteiger partial charge in [-0.2, -0.15) is 8.42 Å². The minimum absolute atomic E-state index is 0.140. The van der Waals surface area contributed by atoms with Gasteiger partial charge in [0, 0.05) is 0 Å². The molecule has 0 fully saturated rings. The van der Waals surface area contributed by atoms with E-state index in [1.54, 1.807) is 0 Å². The maximum absolute atomic E-state index is 13.5. The van der Waals surface area contributed by atoms with Gasteiger partial charge < -0.3 is 9.52 Å². The van der Waals surface area contributed by atoms with Crippen LogP contribution in [-0.4, -0.2) is 19.5 Å². The molecule has 106 valence electrons. The zero-order valence-electron chi connectivity index (χ0n) is 9.63. The molecule has 2 N–H and O–H groups in total. The van der Waals surface area contributed by atoms with Crippen LogP contribution in [0.2, 0.25) is 5.02 Å². The van der Waals surface area contributed by atoms with Crippen molar-refractivity contribution in [3.63, 3.8) is 0 Å². The van der Waals surface area contributed by atoms with Crippen molar-refractivity contribution in [2.75, 3.05) is 4.72 Å². The highest BCUT2D eigenvalue weighted by molar-refractivity contribution is 7.92. The van der Waals surface area contributed by atoms with Gasteiger partial charge in [0.05, 0.1) is 5.02 Å². The third-order valence-corrected chi connectivity index (χ3v) is 3.79. The van der Waals surface area contributed by atoms with Gasteiger partial charge in [0.25, 0.3) is 10.0 Å². The summed E-state index contributed by atoms with van der Waals surface area (Å²) in [6.07, 6.45) is 0. The average Bonchev–Trinajstić information content (AvgIpc) is 2.84. The number of carbonyl (C=O) groups is 1. The van der Waals surface area contributed by atoms with E-state index in [4.69, 9.17) is 16.7 Å². The predicted molar refractivity (Wildman–Crippen MR) is 67.9 cm³/mol. The van der Waals surface area contributed by atoms with Gasteiger partial charge in [0.15, 0.2) is 0 Å². The molecular formula is C11H7ClFNO5S. The van der Waals surface area contributed by atoms with Crippen LogP contribution in [0.3, 0.4) is 0 Å². The number of halogens is 2. The monoisotopic (exact) mass is 319 g/mol. The average molecular weight is 320 g/mol. The molecule has 6 nitrogen and oxygen atoms in total. The molecule has 0 aliphatic heterocycles. The Bertz CT molecular complexity index is 751. The summed E-state index contributed by atoms with van der Waals surface area (Å²) in [4.78, 5) is 10.6. The van der Waals surface area contributed by atoms with Crippen LogP contribution in [0.15, 0.2) is 39.8 Å². The Kier molecular flexibility index (Phi) is 3.69. The molecule has 1 aromatic heterocycles. The summed E-state index contributed by atoms with van der Waals surface area (Å²) in [6.45, 7) is 0. The van der Waals surface area contributed by atoms with Crippen molar-refractivity contribution >= 4 is 33.3 Å². The van der Waals surface area contributed by atoms with Gasteiger partial charge in [0.2, 0.25) is 10.9 Å². The number of para-hydroxylation sites is 1. The van der Waals surface area contributed by atoms with Gasteiger partial charge in [-0.05, 0) is 24.3 Å². The molecule has 0 saturated carbocycles. The van der Waals surface area contributed by atoms with E-state index in [0.717, 1.165) is 18.2 Å². The van der Waals surface area contributed by atoms with E-state index in [9.17, 15) is 17.6 Å². The summed E-state index contributed by atoms with van der Waals surface area (Å²) in [6, 6.07) is 5.55. The minimum Gasteiger partial charge on any atom is -0.475 e. The molecule has 1 heterocycles. The number of hydrogen-bond acceptors (Lipinski definition) is 4. The first kappa shape index (κ1) is 14.4. The molecular weight excluding hydrogens is 313 g/mol. The summed E-state index contributed by atoms with van der Waals surface area (Å²) in [7, 11) is -4.28. The Morgan fingerprint density at radius 1 is 1.30 bits per heavy atom. The maximum Gasteiger partial charge on any atom is 0.371 e. The van der Waals surface area contributed by atoms with E-state index >= 15 is 0 Å². The first-order valence-corrected chi connectivity index (χ1v) is 6.97. The van der Waals surface area contributed by atoms with Gasteiger partial charge in [-0.25, -0.2) is 9.18 Å². The van der Waals surface area contributed by atoms with E-state index in [1.807, 2.05) is 4.72 Å². The number of anilines is 1. The Morgan fingerprint density at radius 3 is 2.55 bits per heavy atom. The number of rotatable bonds is 4. The molecule has 0 aliphatic carbocycles. The predicted octanol–water partition coefficient (Wildman–Crippen LogP) is 2.57. The number of benzene rings is 1. The number of aromatic carboxylic acids is 1. The van der Waals surface area contributed by atoms with Crippen LogP contribution in [0.1, 0.15) is 10.6 Å². The SMILES string of the molecule is O=C(O)c1ccc(S(=O)(=O)Nc2c(F)cccc2Cl)o1. The van der Waals surface area contributed by atoms with Crippen LogP contribution in [0.5, 0.6) is 0 Å². The van der Waals surface area contributed by atoms with Crippen LogP contribution < -0.4 is 4.72 Å². The van der Waals surface area contributed by atoms with Crippen LogP contribution in [-0.2, 0) is 10.0 Å². The molecule has 0 atom stereocenters. The Balaban J connectivity index is 2.38. The highest BCUT2D eigenvalue weighted by atomic mass is 35.5. The number of sulfonamides is 1. The second-order valence-electron chi connectivity index (χ2n) is 3.63. The zero-order valence-corrected chi connectivity index (χ0v) is 11.2. The van der Waals surface area contributed by atoms with E-state index < -0.39 is 38.3 Å². The standard InChI is InChI=1S/C11H7ClFNO5S/c12-6-2-1-3-7(13)10(6)14-20(17,18)9-5-4-8(19-9)11(15)16/h1-5,14H,(H,15,16). The highest BCUT2D eigenvalue weighted by Gasteiger charge is 2.23. The van der Waals surface area contributed by atoms with Crippen LogP contribution in [0.4, 0.5) is 10.1 Å². The van der Waals surface area contributed by atoms with Gasteiger partial charge in [-0.1, -0.05) is 17.7 Å². The van der Waals surface area contributed by atoms with E-state index in [0.29, 0.717) is 0 Å². The molecule has 0 radical (unpaired) electrons. The van der Waals surface area contributed by atoms with E-state index in [1.165, 1.54) is 12.1 Å². The van der Waals surface area contributed by atoms with Crippen molar-refractivity contribution in [2.45, 2.75) is 5.09 Å². The Hall–Kier alpha value is -2.06. The van der Waals surface area contributed by atoms with Gasteiger partial charge in [0.1, 0.15) is 11.5 Å². The van der Waals surface area contributed by atoms with Crippen molar-refractivity contribution in [3.05, 3.63) is 46.9 Å². The fourth-order valence-corrected chi connectivity index (χ4v) is 2.65. The van der Waals surface area contributed by atoms with Crippen molar-refractivity contribution in [1.82, 2.24) is 0 Å². The number of nitrogens with one attached hydrogen (secondary N) is 1. The lowest BCUT2D eigenvalue weighted by Gasteiger charge is -2.08. The summed E-state index contributed by atoms with van der Waals surface area (Å²) in [5.41, 5.74) is -0.442. The molecule has 0 saturated heterocycles. The number of hydrogen-bond donors (Lipinski definition) is 2. The largest absolute Gasteiger partial charge is 0.475 e. The van der Waals surface area contributed by atoms with Crippen molar-refractivity contribution in [3.8, 4) is 0 Å². The lowest BCUT2D eigenvalue weighted by Crippen LogP contribution is -2.13. The van der Waals surface area contributed by atoms with Gasteiger partial charge in [-0.15, -0.1) is 0 Å². The van der Waals surface area contributed by atoms with E-state index in [-0.39, 0.29) is 5.02 Å². The lowest BCUT2D eigenvalue weighted by molar-refractivity contribution is 0.0656. The summed E-state index contributed by atoms with van der Waals surface area (Å²) in [5, 5.41) is 7.85. The normalized spacial score (nSPS) is 11.3. The molecule has 0 aliphatic rings. The van der Waals surface area contributed by atoms with E-state index in [2.05, 4.69) is 4.42 Å². The van der Waals surface area contributed by atoms with Crippen LogP contribution in [0.25, 0.3) is 0 Å². The molecule has 9 heteroatoms. The second kappa shape index (κ2) is 5.14. The van der Waals surface area contributed by atoms with Crippen molar-refractivity contribution in [2.24, 2.45) is 0 Å². The number of carboxylic acid groups (broad SMARTS) is 1. The quantitative estimate of drug-likeness (QED) is 0.902. The van der Waals surface area contributed by atoms with Gasteiger partial charge >= 0.3 is 5.97 Å². The molecule has 20 heavy (non-hydrogen) atoms. The molecule has 0 bridgehead atoms. The molecule has 0 amide bonds.